The third-order valence-electron chi connectivity index (χ3n) is 3.95. The standard InChI is InChI=1S/C16H23ClN2O2/c1-16(2,12-5-7-13(17)8-6-12)18-10-14(20)11-19-9-3-4-15(19)21/h5-8,14,18,20H,3-4,9-11H2,1-2H3/t14-/m1/s1. The quantitative estimate of drug-likeness (QED) is 0.846. The average Bonchev–Trinajstić information content (AvgIpc) is 2.83. The fourth-order valence-electron chi connectivity index (χ4n) is 2.56. The van der Waals surface area contributed by atoms with Crippen LogP contribution < -0.4 is 5.32 Å². The summed E-state index contributed by atoms with van der Waals surface area (Å²) < 4.78 is 0. The van der Waals surface area contributed by atoms with Gasteiger partial charge >= 0.3 is 0 Å². The highest BCUT2D eigenvalue weighted by Crippen LogP contribution is 2.22. The SMILES string of the molecule is CC(C)(NC[C@@H](O)CN1CCCC1=O)c1ccc(Cl)cc1. The molecule has 116 valence electrons. The van der Waals surface area contributed by atoms with Crippen molar-refractivity contribution in [3.05, 3.63) is 34.9 Å². The van der Waals surface area contributed by atoms with Gasteiger partial charge < -0.3 is 15.3 Å². The molecular formula is C16H23ClN2O2. The Morgan fingerprint density at radius 3 is 2.62 bits per heavy atom. The maximum atomic E-state index is 11.5. The Morgan fingerprint density at radius 1 is 1.38 bits per heavy atom. The lowest BCUT2D eigenvalue weighted by Crippen LogP contribution is -2.45. The summed E-state index contributed by atoms with van der Waals surface area (Å²) in [7, 11) is 0. The van der Waals surface area contributed by atoms with Crippen LogP contribution in [0.3, 0.4) is 0 Å². The van der Waals surface area contributed by atoms with Gasteiger partial charge in [-0.25, -0.2) is 0 Å². The molecule has 1 aliphatic rings. The first-order valence-electron chi connectivity index (χ1n) is 7.35. The summed E-state index contributed by atoms with van der Waals surface area (Å²) in [4.78, 5) is 13.3. The Bertz CT molecular complexity index is 488. The minimum Gasteiger partial charge on any atom is -0.390 e. The number of aliphatic hydroxyl groups excluding tert-OH is 1. The Morgan fingerprint density at radius 2 is 2.05 bits per heavy atom. The molecule has 1 saturated heterocycles. The zero-order valence-electron chi connectivity index (χ0n) is 12.6. The number of likely N-dealkylation sites (tertiary alicyclic amines) is 1. The molecule has 21 heavy (non-hydrogen) atoms. The van der Waals surface area contributed by atoms with Crippen LogP contribution in [0.15, 0.2) is 24.3 Å². The van der Waals surface area contributed by atoms with Gasteiger partial charge in [0.1, 0.15) is 0 Å². The van der Waals surface area contributed by atoms with Crippen molar-refractivity contribution in [2.24, 2.45) is 0 Å². The lowest BCUT2D eigenvalue weighted by molar-refractivity contribution is -0.128. The Hall–Kier alpha value is -1.10. The first-order valence-corrected chi connectivity index (χ1v) is 7.73. The van der Waals surface area contributed by atoms with Crippen molar-refractivity contribution in [2.75, 3.05) is 19.6 Å². The molecule has 5 heteroatoms. The van der Waals surface area contributed by atoms with Crippen molar-refractivity contribution in [1.29, 1.82) is 0 Å². The van der Waals surface area contributed by atoms with Crippen LogP contribution in [0.1, 0.15) is 32.3 Å². The topological polar surface area (TPSA) is 52.6 Å². The number of hydrogen-bond acceptors (Lipinski definition) is 3. The van der Waals surface area contributed by atoms with E-state index in [0.717, 1.165) is 18.5 Å². The van der Waals surface area contributed by atoms with Crippen LogP contribution >= 0.6 is 11.6 Å². The van der Waals surface area contributed by atoms with Crippen LogP contribution in [0.2, 0.25) is 5.02 Å². The molecule has 0 aliphatic carbocycles. The van der Waals surface area contributed by atoms with Crippen molar-refractivity contribution in [2.45, 2.75) is 38.3 Å². The third kappa shape index (κ3) is 4.43. The summed E-state index contributed by atoms with van der Waals surface area (Å²) >= 11 is 5.90. The maximum absolute atomic E-state index is 11.5. The van der Waals surface area contributed by atoms with Gasteiger partial charge in [0.05, 0.1) is 6.10 Å². The summed E-state index contributed by atoms with van der Waals surface area (Å²) in [6, 6.07) is 7.68. The van der Waals surface area contributed by atoms with E-state index in [1.54, 1.807) is 4.90 Å². The van der Waals surface area contributed by atoms with E-state index >= 15 is 0 Å². The molecule has 1 heterocycles. The summed E-state index contributed by atoms with van der Waals surface area (Å²) in [5.74, 6) is 0.144. The van der Waals surface area contributed by atoms with Gasteiger partial charge in [0.15, 0.2) is 0 Å². The van der Waals surface area contributed by atoms with Gasteiger partial charge in [0, 0.05) is 36.6 Å². The summed E-state index contributed by atoms with van der Waals surface area (Å²) in [6.07, 6.45) is 0.949. The molecule has 0 bridgehead atoms. The van der Waals surface area contributed by atoms with Crippen LogP contribution in [0.4, 0.5) is 0 Å². The van der Waals surface area contributed by atoms with E-state index in [1.807, 2.05) is 24.3 Å². The van der Waals surface area contributed by atoms with Crippen molar-refractivity contribution >= 4 is 17.5 Å². The number of nitrogens with one attached hydrogen (secondary N) is 1. The second-order valence-electron chi connectivity index (χ2n) is 6.11. The second-order valence-corrected chi connectivity index (χ2v) is 6.55. The summed E-state index contributed by atoms with van der Waals surface area (Å²) in [5.41, 5.74) is 0.844. The highest BCUT2D eigenvalue weighted by Gasteiger charge is 2.25. The van der Waals surface area contributed by atoms with E-state index in [1.165, 1.54) is 0 Å². The average molecular weight is 311 g/mol. The highest BCUT2D eigenvalue weighted by molar-refractivity contribution is 6.30. The van der Waals surface area contributed by atoms with Gasteiger partial charge in [-0.1, -0.05) is 23.7 Å². The van der Waals surface area contributed by atoms with E-state index < -0.39 is 6.10 Å². The second kappa shape index (κ2) is 6.77. The van der Waals surface area contributed by atoms with Gasteiger partial charge in [-0.15, -0.1) is 0 Å². The van der Waals surface area contributed by atoms with Gasteiger partial charge in [-0.05, 0) is 38.0 Å². The van der Waals surface area contributed by atoms with Crippen LogP contribution in [0, 0.1) is 0 Å². The Kier molecular flexibility index (Phi) is 5.25. The fourth-order valence-corrected chi connectivity index (χ4v) is 2.68. The minimum absolute atomic E-state index is 0.144. The molecule has 4 nitrogen and oxygen atoms in total. The molecule has 1 atom stereocenters. The normalized spacial score (nSPS) is 17.3. The number of halogens is 1. The van der Waals surface area contributed by atoms with E-state index in [0.29, 0.717) is 24.5 Å². The molecule has 1 aliphatic heterocycles. The zero-order chi connectivity index (χ0) is 15.5. The molecule has 1 fully saturated rings. The van der Waals surface area contributed by atoms with E-state index in [9.17, 15) is 9.90 Å². The smallest absolute Gasteiger partial charge is 0.222 e. The van der Waals surface area contributed by atoms with E-state index in [2.05, 4.69) is 19.2 Å². The number of nitrogens with zero attached hydrogens (tertiary/aromatic N) is 1. The number of carbonyl (C=O) groups excluding carboxylic acids is 1. The lowest BCUT2D eigenvalue weighted by atomic mass is 9.94. The molecular weight excluding hydrogens is 288 g/mol. The zero-order valence-corrected chi connectivity index (χ0v) is 13.4. The van der Waals surface area contributed by atoms with Gasteiger partial charge in [0.2, 0.25) is 5.91 Å². The highest BCUT2D eigenvalue weighted by atomic mass is 35.5. The molecule has 0 saturated carbocycles. The van der Waals surface area contributed by atoms with Crippen LogP contribution in [-0.2, 0) is 10.3 Å². The fraction of sp³-hybridized carbons (Fsp3) is 0.562. The lowest BCUT2D eigenvalue weighted by Gasteiger charge is -2.29. The number of hydrogen-bond donors (Lipinski definition) is 2. The largest absolute Gasteiger partial charge is 0.390 e. The molecule has 1 amide bonds. The molecule has 2 N–H and O–H groups in total. The van der Waals surface area contributed by atoms with Crippen LogP contribution in [-0.4, -0.2) is 41.7 Å². The number of β-amino-alcohol motifs (C(OH)–C–C–N with tert-alkyl or cyclic N) is 1. The molecule has 0 aromatic heterocycles. The van der Waals surface area contributed by atoms with Crippen molar-refractivity contribution in [3.63, 3.8) is 0 Å². The molecule has 2 rings (SSSR count). The first-order chi connectivity index (χ1) is 9.88. The first kappa shape index (κ1) is 16.3. The third-order valence-corrected chi connectivity index (χ3v) is 4.20. The molecule has 0 radical (unpaired) electrons. The van der Waals surface area contributed by atoms with Crippen LogP contribution in [0.25, 0.3) is 0 Å². The van der Waals surface area contributed by atoms with E-state index in [4.69, 9.17) is 11.6 Å². The maximum Gasteiger partial charge on any atom is 0.222 e. The van der Waals surface area contributed by atoms with E-state index in [-0.39, 0.29) is 11.4 Å². The number of rotatable bonds is 6. The van der Waals surface area contributed by atoms with Crippen molar-refractivity contribution in [3.8, 4) is 0 Å². The number of amides is 1. The van der Waals surface area contributed by atoms with Gasteiger partial charge in [-0.2, -0.15) is 0 Å². The van der Waals surface area contributed by atoms with Gasteiger partial charge in [-0.3, -0.25) is 4.79 Å². The predicted molar refractivity (Wildman–Crippen MR) is 84.3 cm³/mol. The predicted octanol–water partition coefficient (Wildman–Crippen LogP) is 2.15. The Balaban J connectivity index is 1.85. The van der Waals surface area contributed by atoms with Crippen molar-refractivity contribution < 1.29 is 9.90 Å². The number of aliphatic hydroxyl groups is 1. The van der Waals surface area contributed by atoms with Gasteiger partial charge in [0.25, 0.3) is 0 Å². The Labute approximate surface area is 131 Å². The molecule has 0 spiro atoms. The van der Waals surface area contributed by atoms with Crippen LogP contribution in [0.5, 0.6) is 0 Å². The minimum atomic E-state index is -0.557. The summed E-state index contributed by atoms with van der Waals surface area (Å²) in [5, 5.41) is 14.2. The molecule has 1 aromatic rings. The monoisotopic (exact) mass is 310 g/mol. The molecule has 1 aromatic carbocycles. The molecule has 0 unspecified atom stereocenters. The number of carbonyl (C=O) groups is 1. The van der Waals surface area contributed by atoms with Crippen molar-refractivity contribution in [1.82, 2.24) is 10.2 Å². The summed E-state index contributed by atoms with van der Waals surface area (Å²) in [6.45, 7) is 5.73. The number of benzene rings is 1.